The van der Waals surface area contributed by atoms with Gasteiger partial charge in [0.1, 0.15) is 0 Å². The van der Waals surface area contributed by atoms with Gasteiger partial charge in [-0.3, -0.25) is 9.59 Å². The molecule has 2 heterocycles. The van der Waals surface area contributed by atoms with Crippen LogP contribution < -0.4 is 0 Å². The van der Waals surface area contributed by atoms with Crippen molar-refractivity contribution in [2.75, 3.05) is 0 Å². The molecule has 2 fully saturated rings. The SMILES string of the molecule is O=C1[C@H]2[C@H](C(=O)N1/N=C\c1c(Cc3ccc(Cl)cc3)[nH]c3ccccc13)[C@H]1C=C[C@H]2CC1. The summed E-state index contributed by atoms with van der Waals surface area (Å²) in [5.74, 6) is -0.492. The number of benzene rings is 2. The van der Waals surface area contributed by atoms with Crippen molar-refractivity contribution in [2.24, 2.45) is 28.8 Å². The van der Waals surface area contributed by atoms with Crippen molar-refractivity contribution in [3.05, 3.63) is 82.5 Å². The monoisotopic (exact) mass is 443 g/mol. The van der Waals surface area contributed by atoms with Crippen LogP contribution in [-0.2, 0) is 16.0 Å². The number of nitrogens with one attached hydrogen (secondary N) is 1. The Morgan fingerprint density at radius 3 is 2.28 bits per heavy atom. The maximum atomic E-state index is 13.1. The van der Waals surface area contributed by atoms with Crippen molar-refractivity contribution in [2.45, 2.75) is 19.3 Å². The van der Waals surface area contributed by atoms with E-state index in [2.05, 4.69) is 22.2 Å². The maximum absolute atomic E-state index is 13.1. The maximum Gasteiger partial charge on any atom is 0.254 e. The Morgan fingerprint density at radius 2 is 1.62 bits per heavy atom. The molecular formula is C26H22ClN3O2. The Kier molecular flexibility index (Phi) is 4.54. The highest BCUT2D eigenvalue weighted by Gasteiger charge is 2.56. The van der Waals surface area contributed by atoms with Gasteiger partial charge in [-0.1, -0.05) is 54.1 Å². The summed E-state index contributed by atoms with van der Waals surface area (Å²) in [4.78, 5) is 29.7. The molecule has 2 bridgehead atoms. The van der Waals surface area contributed by atoms with Gasteiger partial charge in [0.25, 0.3) is 11.8 Å². The lowest BCUT2D eigenvalue weighted by atomic mass is 9.63. The smallest absolute Gasteiger partial charge is 0.254 e. The summed E-state index contributed by atoms with van der Waals surface area (Å²) in [6, 6.07) is 15.7. The second kappa shape index (κ2) is 7.45. The Balaban J connectivity index is 1.35. The van der Waals surface area contributed by atoms with Crippen LogP contribution in [0.4, 0.5) is 0 Å². The van der Waals surface area contributed by atoms with Crippen molar-refractivity contribution >= 4 is 40.5 Å². The molecule has 32 heavy (non-hydrogen) atoms. The van der Waals surface area contributed by atoms with Crippen LogP contribution in [0.5, 0.6) is 0 Å². The Labute approximate surface area is 190 Å². The molecule has 1 saturated carbocycles. The summed E-state index contributed by atoms with van der Waals surface area (Å²) in [7, 11) is 0. The normalized spacial score (nSPS) is 26.6. The standard InChI is InChI=1S/C26H22ClN3O2/c27-18-11-5-15(6-12-18)13-22-20(19-3-1-2-4-21(19)29-22)14-28-30-25(31)23-16-7-8-17(10-9-16)24(23)26(30)32/h1-8,11-12,14,16-17,23-24,29H,9-10,13H2/b28-14-/t16-,17-,23+,24+/m0/s1. The lowest BCUT2D eigenvalue weighted by Gasteiger charge is -2.37. The van der Waals surface area contributed by atoms with Crippen LogP contribution in [0.2, 0.25) is 5.02 Å². The van der Waals surface area contributed by atoms with Crippen molar-refractivity contribution in [1.29, 1.82) is 0 Å². The Morgan fingerprint density at radius 1 is 0.969 bits per heavy atom. The summed E-state index contributed by atoms with van der Waals surface area (Å²) in [5, 5.41) is 7.29. The average molecular weight is 444 g/mol. The first-order valence-corrected chi connectivity index (χ1v) is 11.4. The summed E-state index contributed by atoms with van der Waals surface area (Å²) in [6.45, 7) is 0. The zero-order valence-corrected chi connectivity index (χ0v) is 18.1. The molecule has 3 aromatic rings. The number of hydrogen-bond donors (Lipinski definition) is 1. The quantitative estimate of drug-likeness (QED) is 0.352. The summed E-state index contributed by atoms with van der Waals surface area (Å²) < 4.78 is 0. The second-order valence-corrected chi connectivity index (χ2v) is 9.38. The largest absolute Gasteiger partial charge is 0.358 e. The Bertz CT molecular complexity index is 1260. The van der Waals surface area contributed by atoms with Gasteiger partial charge in [0, 0.05) is 33.6 Å². The van der Waals surface area contributed by atoms with Crippen molar-refractivity contribution in [3.63, 3.8) is 0 Å². The van der Waals surface area contributed by atoms with Crippen molar-refractivity contribution in [3.8, 4) is 0 Å². The zero-order valence-electron chi connectivity index (χ0n) is 17.4. The number of allylic oxidation sites excluding steroid dienone is 2. The minimum atomic E-state index is -0.250. The van der Waals surface area contributed by atoms with Crippen molar-refractivity contribution in [1.82, 2.24) is 9.99 Å². The predicted molar refractivity (Wildman–Crippen MR) is 124 cm³/mol. The molecule has 1 aliphatic heterocycles. The molecule has 7 rings (SSSR count). The highest BCUT2D eigenvalue weighted by atomic mass is 35.5. The first-order chi connectivity index (χ1) is 15.6. The number of para-hydroxylation sites is 1. The molecule has 3 aliphatic carbocycles. The van der Waals surface area contributed by atoms with Gasteiger partial charge < -0.3 is 4.98 Å². The molecule has 160 valence electrons. The molecule has 0 spiro atoms. The number of halogens is 1. The van der Waals surface area contributed by atoms with Crippen LogP contribution in [0.15, 0.2) is 65.8 Å². The van der Waals surface area contributed by atoms with E-state index < -0.39 is 0 Å². The van der Waals surface area contributed by atoms with E-state index in [9.17, 15) is 9.59 Å². The third kappa shape index (κ3) is 3.03. The van der Waals surface area contributed by atoms with E-state index in [0.29, 0.717) is 11.4 Å². The van der Waals surface area contributed by atoms with Gasteiger partial charge in [-0.05, 0) is 48.4 Å². The molecule has 4 aliphatic rings. The molecule has 1 aromatic heterocycles. The van der Waals surface area contributed by atoms with Gasteiger partial charge in [0.15, 0.2) is 0 Å². The summed E-state index contributed by atoms with van der Waals surface area (Å²) >= 11 is 6.03. The number of H-pyrrole nitrogens is 1. The molecule has 0 radical (unpaired) electrons. The van der Waals surface area contributed by atoms with Gasteiger partial charge in [0.2, 0.25) is 0 Å². The van der Waals surface area contributed by atoms with Crippen LogP contribution in [0.25, 0.3) is 10.9 Å². The van der Waals surface area contributed by atoms with E-state index >= 15 is 0 Å². The summed E-state index contributed by atoms with van der Waals surface area (Å²) in [6.07, 6.45) is 8.54. The van der Waals surface area contributed by atoms with Gasteiger partial charge >= 0.3 is 0 Å². The average Bonchev–Trinajstić information content (AvgIpc) is 3.30. The lowest BCUT2D eigenvalue weighted by molar-refractivity contribution is -0.140. The van der Waals surface area contributed by atoms with Crippen LogP contribution in [0.1, 0.15) is 29.7 Å². The molecule has 1 N–H and O–H groups in total. The topological polar surface area (TPSA) is 65.5 Å². The fourth-order valence-electron chi connectivity index (χ4n) is 5.60. The van der Waals surface area contributed by atoms with Crippen LogP contribution >= 0.6 is 11.6 Å². The minimum absolute atomic E-state index is 0.158. The number of aromatic amines is 1. The molecule has 4 atom stereocenters. The van der Waals surface area contributed by atoms with Crippen molar-refractivity contribution < 1.29 is 9.59 Å². The fraction of sp³-hybridized carbons (Fsp3) is 0.269. The van der Waals surface area contributed by atoms with Gasteiger partial charge in [-0.2, -0.15) is 10.1 Å². The molecule has 0 unspecified atom stereocenters. The van der Waals surface area contributed by atoms with E-state index in [1.165, 1.54) is 0 Å². The summed E-state index contributed by atoms with van der Waals surface area (Å²) in [5.41, 5.74) is 3.98. The first kappa shape index (κ1) is 19.5. The molecule has 1 saturated heterocycles. The molecule has 5 nitrogen and oxygen atoms in total. The number of imide groups is 1. The molecule has 2 amide bonds. The van der Waals surface area contributed by atoms with E-state index in [0.717, 1.165) is 45.6 Å². The molecular weight excluding hydrogens is 422 g/mol. The third-order valence-corrected chi connectivity index (χ3v) is 7.41. The fourth-order valence-corrected chi connectivity index (χ4v) is 5.73. The van der Waals surface area contributed by atoms with Crippen LogP contribution in [0, 0.1) is 23.7 Å². The van der Waals surface area contributed by atoms with Gasteiger partial charge in [0.05, 0.1) is 18.1 Å². The van der Waals surface area contributed by atoms with E-state index in [1.54, 1.807) is 6.21 Å². The number of carbonyl (C=O) groups excluding carboxylic acids is 2. The number of amides is 2. The molecule has 6 heteroatoms. The van der Waals surface area contributed by atoms with E-state index in [1.807, 2.05) is 48.5 Å². The second-order valence-electron chi connectivity index (χ2n) is 8.94. The van der Waals surface area contributed by atoms with Crippen LogP contribution in [-0.4, -0.2) is 28.0 Å². The van der Waals surface area contributed by atoms with E-state index in [-0.39, 0.29) is 35.5 Å². The van der Waals surface area contributed by atoms with E-state index in [4.69, 9.17) is 11.6 Å². The number of nitrogens with zero attached hydrogens (tertiary/aromatic N) is 2. The van der Waals surface area contributed by atoms with Gasteiger partial charge in [-0.25, -0.2) is 0 Å². The number of hydrogen-bond acceptors (Lipinski definition) is 3. The number of aromatic nitrogens is 1. The number of hydrazone groups is 1. The molecule has 2 aromatic carbocycles. The highest BCUT2D eigenvalue weighted by molar-refractivity contribution is 6.30. The lowest BCUT2D eigenvalue weighted by Crippen LogP contribution is -2.38. The Hall–Kier alpha value is -3.18. The number of fused-ring (bicyclic) bond motifs is 2. The number of carbonyl (C=O) groups is 2. The van der Waals surface area contributed by atoms with Gasteiger partial charge in [-0.15, -0.1) is 0 Å². The third-order valence-electron chi connectivity index (χ3n) is 7.16. The van der Waals surface area contributed by atoms with Crippen LogP contribution in [0.3, 0.4) is 0 Å². The number of rotatable bonds is 4. The minimum Gasteiger partial charge on any atom is -0.358 e. The highest BCUT2D eigenvalue weighted by Crippen LogP contribution is 2.49. The first-order valence-electron chi connectivity index (χ1n) is 11.0. The predicted octanol–water partition coefficient (Wildman–Crippen LogP) is 4.94. The zero-order chi connectivity index (χ0) is 21.8.